The summed E-state index contributed by atoms with van der Waals surface area (Å²) in [5.74, 6) is -0.561. The molecule has 0 spiro atoms. The van der Waals surface area contributed by atoms with Crippen LogP contribution in [0.4, 0.5) is 16.0 Å². The fourth-order valence-electron chi connectivity index (χ4n) is 1.46. The molecule has 0 bridgehead atoms. The van der Waals surface area contributed by atoms with E-state index in [9.17, 15) is 9.18 Å². The van der Waals surface area contributed by atoms with Crippen LogP contribution in [0.3, 0.4) is 0 Å². The molecule has 0 saturated carbocycles. The molecule has 5 nitrogen and oxygen atoms in total. The number of hydrogen-bond acceptors (Lipinski definition) is 4. The number of carbonyl (C=O) groups excluding carboxylic acids is 1. The van der Waals surface area contributed by atoms with Crippen molar-refractivity contribution in [3.05, 3.63) is 48.0 Å². The first-order chi connectivity index (χ1) is 9.08. The van der Waals surface area contributed by atoms with Gasteiger partial charge in [0.05, 0.1) is 23.6 Å². The topological polar surface area (TPSA) is 58.1 Å². The molecule has 0 radical (unpaired) electrons. The van der Waals surface area contributed by atoms with Gasteiger partial charge in [0.2, 0.25) is 5.95 Å². The molecule has 0 unspecified atom stereocenters. The van der Waals surface area contributed by atoms with Crippen LogP contribution in [0.25, 0.3) is 0 Å². The van der Waals surface area contributed by atoms with Crippen molar-refractivity contribution in [1.82, 2.24) is 9.97 Å². The molecule has 0 fully saturated rings. The van der Waals surface area contributed by atoms with Gasteiger partial charge in [-0.25, -0.2) is 14.4 Å². The van der Waals surface area contributed by atoms with Crippen molar-refractivity contribution in [1.29, 1.82) is 0 Å². The van der Waals surface area contributed by atoms with E-state index in [0.717, 1.165) is 0 Å². The van der Waals surface area contributed by atoms with Crippen molar-refractivity contribution in [2.45, 2.75) is 0 Å². The van der Waals surface area contributed by atoms with Gasteiger partial charge in [0.1, 0.15) is 5.82 Å². The maximum atomic E-state index is 13.4. The number of rotatable bonds is 3. The third-order valence-electron chi connectivity index (χ3n) is 2.41. The molecule has 19 heavy (non-hydrogen) atoms. The standard InChI is InChI=1S/C13H13FN4O/c1-18(2)13-15-7-9(8-16-13)17-12(19)10-5-3-4-6-11(10)14/h3-8H,1-2H3,(H,17,19). The van der Waals surface area contributed by atoms with Crippen molar-refractivity contribution in [3.63, 3.8) is 0 Å². The summed E-state index contributed by atoms with van der Waals surface area (Å²) in [6.07, 6.45) is 2.95. The molecule has 1 aromatic carbocycles. The lowest BCUT2D eigenvalue weighted by atomic mass is 10.2. The number of aromatic nitrogens is 2. The smallest absolute Gasteiger partial charge is 0.258 e. The molecular weight excluding hydrogens is 247 g/mol. The fourth-order valence-corrected chi connectivity index (χ4v) is 1.46. The lowest BCUT2D eigenvalue weighted by molar-refractivity contribution is 0.102. The minimum Gasteiger partial charge on any atom is -0.347 e. The highest BCUT2D eigenvalue weighted by Gasteiger charge is 2.11. The highest BCUT2D eigenvalue weighted by Crippen LogP contribution is 2.11. The van der Waals surface area contributed by atoms with Gasteiger partial charge in [0.25, 0.3) is 5.91 Å². The molecule has 1 aromatic heterocycles. The Labute approximate surface area is 110 Å². The van der Waals surface area contributed by atoms with Crippen molar-refractivity contribution in [2.75, 3.05) is 24.3 Å². The zero-order chi connectivity index (χ0) is 13.8. The normalized spacial score (nSPS) is 10.1. The van der Waals surface area contributed by atoms with E-state index in [1.54, 1.807) is 11.0 Å². The predicted octanol–water partition coefficient (Wildman–Crippen LogP) is 1.93. The molecule has 0 aliphatic carbocycles. The Morgan fingerprint density at radius 1 is 1.21 bits per heavy atom. The third kappa shape index (κ3) is 3.04. The third-order valence-corrected chi connectivity index (χ3v) is 2.41. The number of halogens is 1. The van der Waals surface area contributed by atoms with Crippen LogP contribution in [0.5, 0.6) is 0 Å². The average Bonchev–Trinajstić information content (AvgIpc) is 2.39. The molecule has 1 N–H and O–H groups in total. The summed E-state index contributed by atoms with van der Waals surface area (Å²) in [5, 5.41) is 2.54. The maximum Gasteiger partial charge on any atom is 0.258 e. The molecule has 0 aliphatic rings. The summed E-state index contributed by atoms with van der Waals surface area (Å²) in [6.45, 7) is 0. The molecular formula is C13H13FN4O. The molecule has 0 atom stereocenters. The van der Waals surface area contributed by atoms with Crippen LogP contribution < -0.4 is 10.2 Å². The van der Waals surface area contributed by atoms with Crippen LogP contribution in [0.1, 0.15) is 10.4 Å². The Morgan fingerprint density at radius 2 is 1.84 bits per heavy atom. The van der Waals surface area contributed by atoms with Crippen molar-refractivity contribution < 1.29 is 9.18 Å². The summed E-state index contributed by atoms with van der Waals surface area (Å²) in [6, 6.07) is 5.78. The second-order valence-electron chi connectivity index (χ2n) is 4.10. The molecule has 2 aromatic rings. The summed E-state index contributed by atoms with van der Waals surface area (Å²) in [5.41, 5.74) is 0.401. The quantitative estimate of drug-likeness (QED) is 0.916. The predicted molar refractivity (Wildman–Crippen MR) is 70.7 cm³/mol. The van der Waals surface area contributed by atoms with Crippen LogP contribution in [0.2, 0.25) is 0 Å². The number of nitrogens with one attached hydrogen (secondary N) is 1. The van der Waals surface area contributed by atoms with Gasteiger partial charge >= 0.3 is 0 Å². The number of anilines is 2. The Bertz CT molecular complexity index is 583. The molecule has 0 saturated heterocycles. The average molecular weight is 260 g/mol. The number of hydrogen-bond donors (Lipinski definition) is 1. The molecule has 98 valence electrons. The molecule has 1 heterocycles. The fraction of sp³-hybridized carbons (Fsp3) is 0.154. The zero-order valence-corrected chi connectivity index (χ0v) is 10.6. The second kappa shape index (κ2) is 5.43. The highest BCUT2D eigenvalue weighted by molar-refractivity contribution is 6.04. The SMILES string of the molecule is CN(C)c1ncc(NC(=O)c2ccccc2F)cn1. The van der Waals surface area contributed by atoms with Gasteiger partial charge in [0, 0.05) is 14.1 Å². The summed E-state index contributed by atoms with van der Waals surface area (Å²) in [4.78, 5) is 21.7. The summed E-state index contributed by atoms with van der Waals surface area (Å²) < 4.78 is 13.4. The van der Waals surface area contributed by atoms with Gasteiger partial charge in [-0.15, -0.1) is 0 Å². The second-order valence-corrected chi connectivity index (χ2v) is 4.10. The summed E-state index contributed by atoms with van der Waals surface area (Å²) >= 11 is 0. The lowest BCUT2D eigenvalue weighted by Gasteiger charge is -2.10. The number of carbonyl (C=O) groups is 1. The van der Waals surface area contributed by atoms with E-state index in [4.69, 9.17) is 0 Å². The first-order valence-electron chi connectivity index (χ1n) is 5.63. The molecule has 1 amide bonds. The van der Waals surface area contributed by atoms with Gasteiger partial charge in [-0.3, -0.25) is 4.79 Å². The van der Waals surface area contributed by atoms with Gasteiger partial charge in [-0.05, 0) is 12.1 Å². The molecule has 2 rings (SSSR count). The highest BCUT2D eigenvalue weighted by atomic mass is 19.1. The molecule has 0 aliphatic heterocycles. The zero-order valence-electron chi connectivity index (χ0n) is 10.6. The van der Waals surface area contributed by atoms with E-state index >= 15 is 0 Å². The van der Waals surface area contributed by atoms with Crippen molar-refractivity contribution >= 4 is 17.5 Å². The van der Waals surface area contributed by atoms with E-state index in [0.29, 0.717) is 11.6 Å². The maximum absolute atomic E-state index is 13.4. The monoisotopic (exact) mass is 260 g/mol. The number of amides is 1. The van der Waals surface area contributed by atoms with Crippen LogP contribution in [-0.2, 0) is 0 Å². The van der Waals surface area contributed by atoms with Crippen molar-refractivity contribution in [3.8, 4) is 0 Å². The first kappa shape index (κ1) is 12.9. The van der Waals surface area contributed by atoms with E-state index < -0.39 is 11.7 Å². The van der Waals surface area contributed by atoms with Gasteiger partial charge in [-0.1, -0.05) is 12.1 Å². The van der Waals surface area contributed by atoms with Gasteiger partial charge in [-0.2, -0.15) is 0 Å². The van der Waals surface area contributed by atoms with E-state index in [-0.39, 0.29) is 5.56 Å². The summed E-state index contributed by atoms with van der Waals surface area (Å²) in [7, 11) is 3.62. The van der Waals surface area contributed by atoms with Gasteiger partial charge in [0.15, 0.2) is 0 Å². The Hall–Kier alpha value is -2.50. The van der Waals surface area contributed by atoms with Gasteiger partial charge < -0.3 is 10.2 Å². The largest absolute Gasteiger partial charge is 0.347 e. The molecule has 6 heteroatoms. The van der Waals surface area contributed by atoms with E-state index in [1.807, 2.05) is 14.1 Å². The van der Waals surface area contributed by atoms with E-state index in [2.05, 4.69) is 15.3 Å². The minimum absolute atomic E-state index is 0.0146. The lowest BCUT2D eigenvalue weighted by Crippen LogP contribution is -2.16. The van der Waals surface area contributed by atoms with Crippen LogP contribution in [-0.4, -0.2) is 30.0 Å². The van der Waals surface area contributed by atoms with Crippen LogP contribution in [0.15, 0.2) is 36.7 Å². The van der Waals surface area contributed by atoms with Crippen molar-refractivity contribution in [2.24, 2.45) is 0 Å². The Balaban J connectivity index is 2.13. The van der Waals surface area contributed by atoms with Crippen LogP contribution >= 0.6 is 0 Å². The Kier molecular flexibility index (Phi) is 3.70. The number of benzene rings is 1. The van der Waals surface area contributed by atoms with E-state index in [1.165, 1.54) is 30.6 Å². The number of nitrogens with zero attached hydrogens (tertiary/aromatic N) is 3. The minimum atomic E-state index is -0.564. The first-order valence-corrected chi connectivity index (χ1v) is 5.63. The Morgan fingerprint density at radius 3 is 2.42 bits per heavy atom. The van der Waals surface area contributed by atoms with Crippen LogP contribution in [0, 0.1) is 5.82 Å².